The van der Waals surface area contributed by atoms with Crippen LogP contribution in [0.4, 0.5) is 0 Å². The first-order valence-electron chi connectivity index (χ1n) is 8.96. The SMILES string of the molecule is CC(OC(=O)CNC(=O)c1ccc(Cl)cc1)C(=O)c1ccc(C(C)(C)C)cc1. The Morgan fingerprint density at radius 2 is 1.50 bits per heavy atom. The third kappa shape index (κ3) is 5.92. The van der Waals surface area contributed by atoms with Crippen molar-refractivity contribution >= 4 is 29.3 Å². The van der Waals surface area contributed by atoms with Gasteiger partial charge in [0.1, 0.15) is 6.54 Å². The van der Waals surface area contributed by atoms with Crippen molar-refractivity contribution in [1.82, 2.24) is 5.32 Å². The molecule has 0 fully saturated rings. The van der Waals surface area contributed by atoms with Crippen LogP contribution in [0, 0.1) is 0 Å². The second-order valence-corrected chi connectivity index (χ2v) is 7.95. The van der Waals surface area contributed by atoms with E-state index < -0.39 is 18.0 Å². The minimum Gasteiger partial charge on any atom is -0.453 e. The molecule has 28 heavy (non-hydrogen) atoms. The van der Waals surface area contributed by atoms with Crippen molar-refractivity contribution in [3.63, 3.8) is 0 Å². The Hall–Kier alpha value is -2.66. The Bertz CT molecular complexity index is 852. The van der Waals surface area contributed by atoms with E-state index in [1.54, 1.807) is 36.4 Å². The molecule has 5 nitrogen and oxygen atoms in total. The Morgan fingerprint density at radius 1 is 0.964 bits per heavy atom. The second kappa shape index (κ2) is 9.02. The first-order chi connectivity index (χ1) is 13.1. The predicted molar refractivity (Wildman–Crippen MR) is 109 cm³/mol. The fourth-order valence-electron chi connectivity index (χ4n) is 2.52. The molecule has 148 valence electrons. The normalized spacial score (nSPS) is 12.2. The first kappa shape index (κ1) is 21.6. The van der Waals surface area contributed by atoms with Crippen LogP contribution in [0.2, 0.25) is 5.02 Å². The smallest absolute Gasteiger partial charge is 0.326 e. The van der Waals surface area contributed by atoms with Gasteiger partial charge >= 0.3 is 5.97 Å². The van der Waals surface area contributed by atoms with Crippen molar-refractivity contribution in [2.75, 3.05) is 6.54 Å². The van der Waals surface area contributed by atoms with Gasteiger partial charge in [0.2, 0.25) is 5.78 Å². The van der Waals surface area contributed by atoms with Gasteiger partial charge in [0, 0.05) is 16.1 Å². The van der Waals surface area contributed by atoms with Gasteiger partial charge in [0.25, 0.3) is 5.91 Å². The number of benzene rings is 2. The summed E-state index contributed by atoms with van der Waals surface area (Å²) in [5.41, 5.74) is 1.94. The monoisotopic (exact) mass is 401 g/mol. The number of nitrogens with one attached hydrogen (secondary N) is 1. The summed E-state index contributed by atoms with van der Waals surface area (Å²) in [4.78, 5) is 36.4. The molecule has 1 amide bonds. The van der Waals surface area contributed by atoms with Crippen molar-refractivity contribution in [1.29, 1.82) is 0 Å². The molecule has 0 aliphatic heterocycles. The molecule has 2 aromatic rings. The molecule has 2 rings (SSSR count). The molecule has 0 saturated carbocycles. The number of ketones is 1. The number of rotatable bonds is 6. The summed E-state index contributed by atoms with van der Waals surface area (Å²) in [5.74, 6) is -1.40. The number of hydrogen-bond acceptors (Lipinski definition) is 4. The van der Waals surface area contributed by atoms with Crippen molar-refractivity contribution in [3.8, 4) is 0 Å². The highest BCUT2D eigenvalue weighted by Gasteiger charge is 2.21. The van der Waals surface area contributed by atoms with Crippen molar-refractivity contribution in [2.45, 2.75) is 39.2 Å². The Balaban J connectivity index is 1.88. The van der Waals surface area contributed by atoms with E-state index in [0.717, 1.165) is 5.56 Å². The summed E-state index contributed by atoms with van der Waals surface area (Å²) in [5, 5.41) is 2.97. The number of hydrogen-bond donors (Lipinski definition) is 1. The summed E-state index contributed by atoms with van der Waals surface area (Å²) in [6.45, 7) is 7.45. The lowest BCUT2D eigenvalue weighted by molar-refractivity contribution is -0.145. The maximum atomic E-state index is 12.5. The van der Waals surface area contributed by atoms with Crippen LogP contribution in [0.15, 0.2) is 48.5 Å². The van der Waals surface area contributed by atoms with Crippen LogP contribution >= 0.6 is 11.6 Å². The molecule has 0 bridgehead atoms. The summed E-state index contributed by atoms with van der Waals surface area (Å²) >= 11 is 5.77. The highest BCUT2D eigenvalue weighted by molar-refractivity contribution is 6.30. The minimum absolute atomic E-state index is 0.0120. The molecule has 0 aromatic heterocycles. The van der Waals surface area contributed by atoms with E-state index >= 15 is 0 Å². The standard InChI is InChI=1S/C22H24ClNO4/c1-14(20(26)15-5-9-17(10-6-15)22(2,3)4)28-19(25)13-24-21(27)16-7-11-18(23)12-8-16/h5-12,14H,13H2,1-4H3,(H,24,27). The van der Waals surface area contributed by atoms with Gasteiger partial charge in [-0.1, -0.05) is 56.6 Å². The third-order valence-corrected chi connectivity index (χ3v) is 4.46. The number of carbonyl (C=O) groups excluding carboxylic acids is 3. The van der Waals surface area contributed by atoms with Gasteiger partial charge < -0.3 is 10.1 Å². The molecule has 6 heteroatoms. The number of carbonyl (C=O) groups is 3. The maximum absolute atomic E-state index is 12.5. The average molecular weight is 402 g/mol. The lowest BCUT2D eigenvalue weighted by atomic mass is 9.86. The van der Waals surface area contributed by atoms with Gasteiger partial charge in [-0.05, 0) is 42.2 Å². The number of amides is 1. The highest BCUT2D eigenvalue weighted by Crippen LogP contribution is 2.22. The average Bonchev–Trinajstić information content (AvgIpc) is 2.65. The molecule has 0 heterocycles. The largest absolute Gasteiger partial charge is 0.453 e. The van der Waals surface area contributed by atoms with Crippen molar-refractivity contribution in [3.05, 3.63) is 70.2 Å². The van der Waals surface area contributed by atoms with E-state index in [4.69, 9.17) is 16.3 Å². The van der Waals surface area contributed by atoms with E-state index in [-0.39, 0.29) is 17.7 Å². The van der Waals surface area contributed by atoms with Gasteiger partial charge in [0.05, 0.1) is 0 Å². The van der Waals surface area contributed by atoms with Crippen molar-refractivity contribution < 1.29 is 19.1 Å². The number of halogens is 1. The molecule has 0 aliphatic carbocycles. The molecule has 0 spiro atoms. The van der Waals surface area contributed by atoms with Crippen LogP contribution in [0.25, 0.3) is 0 Å². The maximum Gasteiger partial charge on any atom is 0.326 e. The van der Waals surface area contributed by atoms with Crippen LogP contribution in [-0.4, -0.2) is 30.3 Å². The zero-order valence-corrected chi connectivity index (χ0v) is 17.2. The Morgan fingerprint density at radius 3 is 2.04 bits per heavy atom. The van der Waals surface area contributed by atoms with Crippen molar-refractivity contribution in [2.24, 2.45) is 0 Å². The van der Waals surface area contributed by atoms with Gasteiger partial charge in [-0.15, -0.1) is 0 Å². The summed E-state index contributed by atoms with van der Waals surface area (Å²) in [6, 6.07) is 13.5. The summed E-state index contributed by atoms with van der Waals surface area (Å²) in [6.07, 6.45) is -0.944. The molecular weight excluding hydrogens is 378 g/mol. The van der Waals surface area contributed by atoms with Crippen LogP contribution < -0.4 is 5.32 Å². The van der Waals surface area contributed by atoms with E-state index in [9.17, 15) is 14.4 Å². The number of Topliss-reactive ketones (excluding diaryl/α,β-unsaturated/α-hetero) is 1. The summed E-state index contributed by atoms with van der Waals surface area (Å²) < 4.78 is 5.15. The van der Waals surface area contributed by atoms with Gasteiger partial charge in [-0.25, -0.2) is 0 Å². The molecule has 0 saturated heterocycles. The quantitative estimate of drug-likeness (QED) is 0.582. The van der Waals surface area contributed by atoms with Gasteiger partial charge in [-0.2, -0.15) is 0 Å². The highest BCUT2D eigenvalue weighted by atomic mass is 35.5. The van der Waals surface area contributed by atoms with Crippen LogP contribution in [0.3, 0.4) is 0 Å². The molecule has 1 N–H and O–H groups in total. The van der Waals surface area contributed by atoms with E-state index in [2.05, 4.69) is 26.1 Å². The van der Waals surface area contributed by atoms with Crippen LogP contribution in [-0.2, 0) is 14.9 Å². The minimum atomic E-state index is -0.944. The Labute approximate surface area is 170 Å². The summed E-state index contributed by atoms with van der Waals surface area (Å²) in [7, 11) is 0. The lowest BCUT2D eigenvalue weighted by Crippen LogP contribution is -2.34. The fourth-order valence-corrected chi connectivity index (χ4v) is 2.64. The van der Waals surface area contributed by atoms with Crippen LogP contribution in [0.1, 0.15) is 54.0 Å². The molecular formula is C22H24ClNO4. The lowest BCUT2D eigenvalue weighted by Gasteiger charge is -2.19. The zero-order valence-electron chi connectivity index (χ0n) is 16.4. The van der Waals surface area contributed by atoms with E-state index in [0.29, 0.717) is 16.1 Å². The van der Waals surface area contributed by atoms with Gasteiger partial charge in [0.15, 0.2) is 6.10 Å². The predicted octanol–water partition coefficient (Wildman–Crippen LogP) is 4.18. The zero-order chi connectivity index (χ0) is 20.9. The van der Waals surface area contributed by atoms with Crippen LogP contribution in [0.5, 0.6) is 0 Å². The molecule has 0 aliphatic rings. The second-order valence-electron chi connectivity index (χ2n) is 7.51. The Kier molecular flexibility index (Phi) is 6.97. The van der Waals surface area contributed by atoms with E-state index in [1.807, 2.05) is 12.1 Å². The topological polar surface area (TPSA) is 72.5 Å². The molecule has 2 aromatic carbocycles. The molecule has 1 atom stereocenters. The van der Waals surface area contributed by atoms with Gasteiger partial charge in [-0.3, -0.25) is 14.4 Å². The number of ether oxygens (including phenoxy) is 1. The van der Waals surface area contributed by atoms with E-state index in [1.165, 1.54) is 6.92 Å². The third-order valence-electron chi connectivity index (χ3n) is 4.21. The molecule has 1 unspecified atom stereocenters. The number of esters is 1. The fraction of sp³-hybridized carbons (Fsp3) is 0.318. The molecule has 0 radical (unpaired) electrons. The first-order valence-corrected chi connectivity index (χ1v) is 9.34.